The van der Waals surface area contributed by atoms with Crippen molar-refractivity contribution in [3.63, 3.8) is 0 Å². The van der Waals surface area contributed by atoms with Gasteiger partial charge in [0.2, 0.25) is 0 Å². The first kappa shape index (κ1) is 16.0. The molecule has 2 aromatic rings. The van der Waals surface area contributed by atoms with Gasteiger partial charge in [-0.25, -0.2) is 4.39 Å². The average molecular weight is 352 g/mol. The van der Waals surface area contributed by atoms with E-state index in [1.807, 2.05) is 37.3 Å². The lowest BCUT2D eigenvalue weighted by molar-refractivity contribution is 0.414. The fraction of sp³-hybridized carbons (Fsp3) is 0.294. The zero-order valence-corrected chi connectivity index (χ0v) is 14.0. The molecule has 0 bridgehead atoms. The third-order valence-electron chi connectivity index (χ3n) is 3.46. The van der Waals surface area contributed by atoms with Crippen molar-refractivity contribution in [2.24, 2.45) is 0 Å². The van der Waals surface area contributed by atoms with Crippen LogP contribution in [-0.2, 0) is 0 Å². The van der Waals surface area contributed by atoms with E-state index in [2.05, 4.69) is 21.2 Å². The molecule has 0 amide bonds. The molecule has 0 saturated heterocycles. The van der Waals surface area contributed by atoms with Gasteiger partial charge in [-0.1, -0.05) is 41.1 Å². The molecule has 4 heteroatoms. The Bertz CT molecular complexity index is 630. The van der Waals surface area contributed by atoms with Crippen LogP contribution in [0.25, 0.3) is 0 Å². The second-order valence-corrected chi connectivity index (χ2v) is 5.74. The predicted molar refractivity (Wildman–Crippen MR) is 87.4 cm³/mol. The number of hydrogen-bond acceptors (Lipinski definition) is 2. The molecule has 0 fully saturated rings. The van der Waals surface area contributed by atoms with Gasteiger partial charge in [0.15, 0.2) is 0 Å². The summed E-state index contributed by atoms with van der Waals surface area (Å²) >= 11 is 3.58. The monoisotopic (exact) mass is 351 g/mol. The Kier molecular flexibility index (Phi) is 5.37. The first-order valence-electron chi connectivity index (χ1n) is 6.89. The van der Waals surface area contributed by atoms with Crippen molar-refractivity contribution < 1.29 is 9.13 Å². The number of aryl methyl sites for hydroxylation is 1. The van der Waals surface area contributed by atoms with Crippen LogP contribution >= 0.6 is 15.9 Å². The van der Waals surface area contributed by atoms with Crippen LogP contribution in [0.1, 0.15) is 29.7 Å². The minimum absolute atomic E-state index is 0.0645. The molecule has 0 aliphatic rings. The van der Waals surface area contributed by atoms with Crippen molar-refractivity contribution in [1.82, 2.24) is 5.32 Å². The van der Waals surface area contributed by atoms with Crippen LogP contribution in [0.3, 0.4) is 0 Å². The molecule has 0 aliphatic heterocycles. The summed E-state index contributed by atoms with van der Waals surface area (Å²) in [6, 6.07) is 11.1. The van der Waals surface area contributed by atoms with Crippen LogP contribution in [0, 0.1) is 12.7 Å². The normalized spacial score (nSPS) is 12.2. The SMILES string of the molecule is CCNC(c1ccc(C)c(F)c1)c1ccc(OC)cc1Br. The van der Waals surface area contributed by atoms with E-state index in [1.165, 1.54) is 0 Å². The van der Waals surface area contributed by atoms with E-state index in [4.69, 9.17) is 4.74 Å². The van der Waals surface area contributed by atoms with E-state index >= 15 is 0 Å². The van der Waals surface area contributed by atoms with Gasteiger partial charge in [-0.3, -0.25) is 0 Å². The molecule has 0 saturated carbocycles. The number of halogens is 2. The maximum Gasteiger partial charge on any atom is 0.126 e. The van der Waals surface area contributed by atoms with E-state index in [-0.39, 0.29) is 11.9 Å². The van der Waals surface area contributed by atoms with Crippen LogP contribution in [-0.4, -0.2) is 13.7 Å². The fourth-order valence-corrected chi connectivity index (χ4v) is 2.86. The Labute approximate surface area is 133 Å². The maximum absolute atomic E-state index is 13.9. The van der Waals surface area contributed by atoms with Gasteiger partial charge < -0.3 is 10.1 Å². The van der Waals surface area contributed by atoms with E-state index in [0.717, 1.165) is 27.9 Å². The summed E-state index contributed by atoms with van der Waals surface area (Å²) in [5, 5.41) is 3.40. The molecule has 2 aromatic carbocycles. The minimum atomic E-state index is -0.181. The Morgan fingerprint density at radius 3 is 2.57 bits per heavy atom. The maximum atomic E-state index is 13.9. The molecule has 21 heavy (non-hydrogen) atoms. The number of nitrogens with one attached hydrogen (secondary N) is 1. The van der Waals surface area contributed by atoms with Crippen molar-refractivity contribution in [1.29, 1.82) is 0 Å². The van der Waals surface area contributed by atoms with E-state index in [9.17, 15) is 4.39 Å². The molecule has 0 radical (unpaired) electrons. The van der Waals surface area contributed by atoms with Gasteiger partial charge in [0.25, 0.3) is 0 Å². The smallest absolute Gasteiger partial charge is 0.126 e. The van der Waals surface area contributed by atoms with E-state index < -0.39 is 0 Å². The number of benzene rings is 2. The first-order valence-corrected chi connectivity index (χ1v) is 7.69. The average Bonchev–Trinajstić information content (AvgIpc) is 2.48. The Morgan fingerprint density at radius 2 is 2.00 bits per heavy atom. The second kappa shape index (κ2) is 7.05. The van der Waals surface area contributed by atoms with Crippen molar-refractivity contribution in [3.05, 3.63) is 63.4 Å². The highest BCUT2D eigenvalue weighted by Crippen LogP contribution is 2.32. The molecule has 2 rings (SSSR count). The summed E-state index contributed by atoms with van der Waals surface area (Å²) in [4.78, 5) is 0. The van der Waals surface area contributed by atoms with Gasteiger partial charge >= 0.3 is 0 Å². The van der Waals surface area contributed by atoms with Crippen molar-refractivity contribution in [2.75, 3.05) is 13.7 Å². The van der Waals surface area contributed by atoms with Gasteiger partial charge in [-0.05, 0) is 48.4 Å². The largest absolute Gasteiger partial charge is 0.497 e. The van der Waals surface area contributed by atoms with Crippen LogP contribution in [0.15, 0.2) is 40.9 Å². The Balaban J connectivity index is 2.45. The van der Waals surface area contributed by atoms with Crippen LogP contribution < -0.4 is 10.1 Å². The van der Waals surface area contributed by atoms with Crippen molar-refractivity contribution >= 4 is 15.9 Å². The molecular weight excluding hydrogens is 333 g/mol. The summed E-state index contributed by atoms with van der Waals surface area (Å²) in [5.74, 6) is 0.607. The molecule has 1 N–H and O–H groups in total. The molecule has 0 heterocycles. The summed E-state index contributed by atoms with van der Waals surface area (Å²) in [6.07, 6.45) is 0. The number of hydrogen-bond donors (Lipinski definition) is 1. The van der Waals surface area contributed by atoms with E-state index in [0.29, 0.717) is 5.56 Å². The molecule has 0 aliphatic carbocycles. The highest BCUT2D eigenvalue weighted by atomic mass is 79.9. The number of methoxy groups -OCH3 is 1. The molecule has 2 nitrogen and oxygen atoms in total. The third-order valence-corrected chi connectivity index (χ3v) is 4.14. The quantitative estimate of drug-likeness (QED) is 0.849. The van der Waals surface area contributed by atoms with Gasteiger partial charge in [0, 0.05) is 4.47 Å². The Hall–Kier alpha value is -1.39. The van der Waals surface area contributed by atoms with Crippen LogP contribution in [0.2, 0.25) is 0 Å². The fourth-order valence-electron chi connectivity index (χ4n) is 2.27. The molecule has 1 atom stereocenters. The summed E-state index contributed by atoms with van der Waals surface area (Å²) < 4.78 is 20.0. The highest BCUT2D eigenvalue weighted by Gasteiger charge is 2.17. The molecule has 112 valence electrons. The summed E-state index contributed by atoms with van der Waals surface area (Å²) in [6.45, 7) is 4.60. The lowest BCUT2D eigenvalue weighted by atomic mass is 9.97. The summed E-state index contributed by atoms with van der Waals surface area (Å²) in [7, 11) is 1.64. The van der Waals surface area contributed by atoms with Crippen molar-refractivity contribution in [3.8, 4) is 5.75 Å². The zero-order chi connectivity index (χ0) is 15.4. The first-order chi connectivity index (χ1) is 10.1. The lowest BCUT2D eigenvalue weighted by Crippen LogP contribution is -2.22. The van der Waals surface area contributed by atoms with E-state index in [1.54, 1.807) is 20.1 Å². The molecular formula is C17H19BrFNO. The Morgan fingerprint density at radius 1 is 1.24 bits per heavy atom. The number of ether oxygens (including phenoxy) is 1. The van der Waals surface area contributed by atoms with Gasteiger partial charge in [-0.15, -0.1) is 0 Å². The third kappa shape index (κ3) is 3.63. The molecule has 0 aromatic heterocycles. The lowest BCUT2D eigenvalue weighted by Gasteiger charge is -2.21. The second-order valence-electron chi connectivity index (χ2n) is 4.89. The van der Waals surface area contributed by atoms with Crippen molar-refractivity contribution in [2.45, 2.75) is 19.9 Å². The molecule has 0 spiro atoms. The summed E-state index contributed by atoms with van der Waals surface area (Å²) in [5.41, 5.74) is 2.62. The van der Waals surface area contributed by atoms with Crippen LogP contribution in [0.5, 0.6) is 5.75 Å². The number of rotatable bonds is 5. The predicted octanol–water partition coefficient (Wildman–Crippen LogP) is 4.60. The van der Waals surface area contributed by atoms with Crippen LogP contribution in [0.4, 0.5) is 4.39 Å². The standard InChI is InChI=1S/C17H19BrFNO/c1-4-20-17(12-6-5-11(2)16(19)9-12)14-8-7-13(21-3)10-15(14)18/h5-10,17,20H,4H2,1-3H3. The van der Waals surface area contributed by atoms with Gasteiger partial charge in [-0.2, -0.15) is 0 Å². The van der Waals surface area contributed by atoms with Gasteiger partial charge in [0.05, 0.1) is 13.2 Å². The van der Waals surface area contributed by atoms with Gasteiger partial charge in [0.1, 0.15) is 11.6 Å². The highest BCUT2D eigenvalue weighted by molar-refractivity contribution is 9.10. The topological polar surface area (TPSA) is 21.3 Å². The molecule has 1 unspecified atom stereocenters. The zero-order valence-electron chi connectivity index (χ0n) is 12.4. The minimum Gasteiger partial charge on any atom is -0.497 e.